The number of carbonyl (C=O) groups is 3. The molecule has 0 aromatic heterocycles. The van der Waals surface area contributed by atoms with Gasteiger partial charge in [0.2, 0.25) is 11.8 Å². The first kappa shape index (κ1) is 24.6. The molecular weight excluding hydrogens is 520 g/mol. The number of anilines is 1. The number of hydrogen-bond donors (Lipinski definition) is 1. The molecule has 9 heteroatoms. The minimum atomic E-state index is -1.21. The van der Waals surface area contributed by atoms with E-state index >= 15 is 0 Å². The van der Waals surface area contributed by atoms with Crippen LogP contribution in [0.2, 0.25) is 0 Å². The van der Waals surface area contributed by atoms with E-state index in [1.54, 1.807) is 42.6 Å². The summed E-state index contributed by atoms with van der Waals surface area (Å²) in [5.41, 5.74) is 4.82. The second-order valence-corrected chi connectivity index (χ2v) is 10.3. The number of nitrogens with one attached hydrogen (secondary N) is 1. The largest absolute Gasteiger partial charge is 0.293 e. The third kappa shape index (κ3) is 3.35. The molecule has 0 spiro atoms. The number of carbonyl (C=O) groups excluding carboxylic acids is 3. The Morgan fingerprint density at radius 3 is 2.07 bits per heavy atom. The van der Waals surface area contributed by atoms with Crippen molar-refractivity contribution in [3.05, 3.63) is 141 Å². The van der Waals surface area contributed by atoms with Crippen molar-refractivity contribution in [3.63, 3.8) is 0 Å². The Kier molecular flexibility index (Phi) is 5.43. The summed E-state index contributed by atoms with van der Waals surface area (Å²) in [4.78, 5) is 53.7. The van der Waals surface area contributed by atoms with Crippen molar-refractivity contribution in [3.8, 4) is 0 Å². The summed E-state index contributed by atoms with van der Waals surface area (Å²) in [5.74, 6) is -3.62. The number of amides is 3. The standard InChI is InChI=1S/C32H22N4O5/c37-29(19-10-2-1-3-11-19)34-33-18-32-22-14-6-4-12-20(22)26(21-13-5-7-15-23(21)32)27-28(32)31(39)35(30(27)38)24-16-8-9-17-25(24)36(40)41/h1-18,26-28H,(H,34,37)/b33-18-/t26?,27-,28+,32?/m1/s1. The summed E-state index contributed by atoms with van der Waals surface area (Å²) < 4.78 is 0. The molecule has 2 atom stereocenters. The molecule has 1 N–H and O–H groups in total. The minimum absolute atomic E-state index is 0.0566. The molecule has 3 aliphatic carbocycles. The Labute approximate surface area is 234 Å². The van der Waals surface area contributed by atoms with Gasteiger partial charge in [-0.25, -0.2) is 10.3 Å². The van der Waals surface area contributed by atoms with Crippen molar-refractivity contribution in [1.82, 2.24) is 5.43 Å². The van der Waals surface area contributed by atoms with Gasteiger partial charge in [-0.15, -0.1) is 0 Å². The van der Waals surface area contributed by atoms with E-state index in [9.17, 15) is 24.5 Å². The fourth-order valence-electron chi connectivity index (χ4n) is 6.94. The van der Waals surface area contributed by atoms with Gasteiger partial charge in [-0.2, -0.15) is 5.10 Å². The molecule has 41 heavy (non-hydrogen) atoms. The lowest BCUT2D eigenvalue weighted by Crippen LogP contribution is -2.54. The topological polar surface area (TPSA) is 122 Å². The number of nitrogens with zero attached hydrogens (tertiary/aromatic N) is 3. The van der Waals surface area contributed by atoms with Crippen molar-refractivity contribution >= 4 is 35.3 Å². The van der Waals surface area contributed by atoms with E-state index in [0.29, 0.717) is 5.56 Å². The highest BCUT2D eigenvalue weighted by atomic mass is 16.6. The van der Waals surface area contributed by atoms with Crippen LogP contribution in [0.25, 0.3) is 0 Å². The van der Waals surface area contributed by atoms with Crippen molar-refractivity contribution in [2.75, 3.05) is 4.90 Å². The summed E-state index contributed by atoms with van der Waals surface area (Å²) in [6, 6.07) is 29.7. The summed E-state index contributed by atoms with van der Waals surface area (Å²) in [7, 11) is 0. The lowest BCUT2D eigenvalue weighted by atomic mass is 9.47. The predicted molar refractivity (Wildman–Crippen MR) is 150 cm³/mol. The first-order valence-corrected chi connectivity index (χ1v) is 13.1. The van der Waals surface area contributed by atoms with Crippen LogP contribution in [0.4, 0.5) is 11.4 Å². The number of nitro groups is 1. The number of para-hydroxylation sites is 2. The SMILES string of the molecule is O=C(N/N=C\C12c3ccccc3C(c3ccccc31)[C@H]1C(=O)N(c3ccccc3[N+](=O)[O-])C(=O)[C@H]12)c1ccccc1. The first-order valence-electron chi connectivity index (χ1n) is 13.1. The maximum absolute atomic E-state index is 14.4. The monoisotopic (exact) mass is 542 g/mol. The highest BCUT2D eigenvalue weighted by Crippen LogP contribution is 2.63. The lowest BCUT2D eigenvalue weighted by molar-refractivity contribution is -0.384. The molecule has 0 saturated carbocycles. The van der Waals surface area contributed by atoms with E-state index in [1.165, 1.54) is 18.2 Å². The molecular formula is C32H22N4O5. The molecule has 4 aliphatic rings. The van der Waals surface area contributed by atoms with Crippen LogP contribution < -0.4 is 10.3 Å². The third-order valence-corrected chi connectivity index (χ3v) is 8.47. The van der Waals surface area contributed by atoms with Gasteiger partial charge in [0.25, 0.3) is 11.6 Å². The number of rotatable bonds is 5. The number of imide groups is 1. The van der Waals surface area contributed by atoms with Crippen molar-refractivity contribution < 1.29 is 19.3 Å². The summed E-state index contributed by atoms with van der Waals surface area (Å²) in [5, 5.41) is 16.3. The molecule has 1 aliphatic heterocycles. The Morgan fingerprint density at radius 1 is 0.829 bits per heavy atom. The Hall–Kier alpha value is -5.44. The fraction of sp³-hybridized carbons (Fsp3) is 0.125. The van der Waals surface area contributed by atoms with E-state index < -0.39 is 45.8 Å². The van der Waals surface area contributed by atoms with Gasteiger partial charge in [-0.3, -0.25) is 24.5 Å². The van der Waals surface area contributed by atoms with Gasteiger partial charge in [0.1, 0.15) is 5.69 Å². The molecule has 200 valence electrons. The molecule has 9 nitrogen and oxygen atoms in total. The van der Waals surface area contributed by atoms with Crippen LogP contribution in [0.15, 0.2) is 108 Å². The molecule has 4 aromatic carbocycles. The number of benzene rings is 4. The maximum atomic E-state index is 14.4. The lowest BCUT2D eigenvalue weighted by Gasteiger charge is -2.52. The number of hydrazone groups is 1. The average molecular weight is 543 g/mol. The molecule has 4 aromatic rings. The second-order valence-electron chi connectivity index (χ2n) is 10.3. The highest BCUT2D eigenvalue weighted by Gasteiger charge is 2.68. The summed E-state index contributed by atoms with van der Waals surface area (Å²) in [6.07, 6.45) is 1.56. The van der Waals surface area contributed by atoms with E-state index in [2.05, 4.69) is 10.5 Å². The number of hydrogen-bond acceptors (Lipinski definition) is 6. The van der Waals surface area contributed by atoms with Crippen molar-refractivity contribution in [2.24, 2.45) is 16.9 Å². The molecule has 0 radical (unpaired) electrons. The molecule has 1 saturated heterocycles. The van der Waals surface area contributed by atoms with Gasteiger partial charge in [0.15, 0.2) is 0 Å². The van der Waals surface area contributed by atoms with Crippen molar-refractivity contribution in [2.45, 2.75) is 11.3 Å². The van der Waals surface area contributed by atoms with E-state index in [-0.39, 0.29) is 11.4 Å². The zero-order valence-corrected chi connectivity index (χ0v) is 21.5. The third-order valence-electron chi connectivity index (χ3n) is 8.47. The quantitative estimate of drug-likeness (QED) is 0.171. The highest BCUT2D eigenvalue weighted by molar-refractivity contribution is 6.25. The van der Waals surface area contributed by atoms with Crippen molar-refractivity contribution in [1.29, 1.82) is 0 Å². The normalized spacial score (nSPS) is 23.7. The zero-order valence-electron chi connectivity index (χ0n) is 21.5. The van der Waals surface area contributed by atoms with Gasteiger partial charge >= 0.3 is 0 Å². The zero-order chi connectivity index (χ0) is 28.3. The second kappa shape index (κ2) is 9.06. The summed E-state index contributed by atoms with van der Waals surface area (Å²) in [6.45, 7) is 0. The molecule has 3 amide bonds. The average Bonchev–Trinajstić information content (AvgIpc) is 3.28. The number of nitro benzene ring substituents is 1. The van der Waals surface area contributed by atoms with Crippen LogP contribution in [0.1, 0.15) is 38.5 Å². The van der Waals surface area contributed by atoms with Crippen LogP contribution in [0.5, 0.6) is 0 Å². The minimum Gasteiger partial charge on any atom is -0.274 e. The summed E-state index contributed by atoms with van der Waals surface area (Å²) >= 11 is 0. The van der Waals surface area contributed by atoms with Crippen LogP contribution in [0, 0.1) is 22.0 Å². The van der Waals surface area contributed by atoms with Gasteiger partial charge in [-0.05, 0) is 40.5 Å². The van der Waals surface area contributed by atoms with Gasteiger partial charge in [-0.1, -0.05) is 78.9 Å². The molecule has 1 fully saturated rings. The smallest absolute Gasteiger partial charge is 0.274 e. The molecule has 1 heterocycles. The van der Waals surface area contributed by atoms with E-state index in [0.717, 1.165) is 27.2 Å². The Bertz CT molecular complexity index is 1750. The van der Waals surface area contributed by atoms with Gasteiger partial charge in [0, 0.05) is 23.8 Å². The maximum Gasteiger partial charge on any atom is 0.293 e. The van der Waals surface area contributed by atoms with E-state index in [4.69, 9.17) is 0 Å². The van der Waals surface area contributed by atoms with Crippen LogP contribution in [-0.4, -0.2) is 28.9 Å². The predicted octanol–water partition coefficient (Wildman–Crippen LogP) is 4.56. The fourth-order valence-corrected chi connectivity index (χ4v) is 6.94. The van der Waals surface area contributed by atoms with Crippen LogP contribution in [0.3, 0.4) is 0 Å². The molecule has 0 unspecified atom stereocenters. The van der Waals surface area contributed by atoms with Gasteiger partial charge < -0.3 is 0 Å². The van der Waals surface area contributed by atoms with E-state index in [1.807, 2.05) is 48.5 Å². The Morgan fingerprint density at radius 2 is 1.41 bits per heavy atom. The Balaban J connectivity index is 1.43. The van der Waals surface area contributed by atoms with Crippen LogP contribution in [-0.2, 0) is 15.0 Å². The molecule has 2 bridgehead atoms. The molecule has 8 rings (SSSR count). The van der Waals surface area contributed by atoms with Crippen LogP contribution >= 0.6 is 0 Å². The first-order chi connectivity index (χ1) is 19.9. The van der Waals surface area contributed by atoms with Gasteiger partial charge in [0.05, 0.1) is 22.2 Å².